The number of methoxy groups -OCH3 is 1. The quantitative estimate of drug-likeness (QED) is 0.640. The maximum Gasteiger partial charge on any atom is 0.123 e. The average Bonchev–Trinajstić information content (AvgIpc) is 2.71. The summed E-state index contributed by atoms with van der Waals surface area (Å²) in [6.45, 7) is 2.88. The van der Waals surface area contributed by atoms with Gasteiger partial charge in [-0.15, -0.1) is 0 Å². The molecular formula is C23H25FN2O. The molecule has 0 fully saturated rings. The Morgan fingerprint density at radius 2 is 1.11 bits per heavy atom. The average molecular weight is 364 g/mol. The van der Waals surface area contributed by atoms with Gasteiger partial charge in [-0.25, -0.2) is 4.39 Å². The van der Waals surface area contributed by atoms with E-state index in [4.69, 9.17) is 10.5 Å². The second kappa shape index (κ2) is 9.31. The van der Waals surface area contributed by atoms with Crippen molar-refractivity contribution in [1.29, 1.82) is 0 Å². The topological polar surface area (TPSA) is 38.5 Å². The van der Waals surface area contributed by atoms with Crippen LogP contribution in [0.5, 0.6) is 5.75 Å². The van der Waals surface area contributed by atoms with Gasteiger partial charge >= 0.3 is 0 Å². The van der Waals surface area contributed by atoms with E-state index in [9.17, 15) is 4.39 Å². The largest absolute Gasteiger partial charge is 0.497 e. The number of hydrogen-bond donors (Lipinski definition) is 1. The Bertz CT molecular complexity index is 780. The van der Waals surface area contributed by atoms with Gasteiger partial charge in [0.05, 0.1) is 7.11 Å². The predicted molar refractivity (Wildman–Crippen MR) is 107 cm³/mol. The van der Waals surface area contributed by atoms with E-state index in [-0.39, 0.29) is 5.82 Å². The highest BCUT2D eigenvalue weighted by atomic mass is 19.1. The van der Waals surface area contributed by atoms with E-state index in [2.05, 4.69) is 41.3 Å². The Labute approximate surface area is 160 Å². The molecule has 4 heteroatoms. The van der Waals surface area contributed by atoms with Crippen molar-refractivity contribution in [3.05, 3.63) is 101 Å². The molecule has 3 aromatic carbocycles. The van der Waals surface area contributed by atoms with Gasteiger partial charge in [-0.05, 0) is 46.5 Å². The van der Waals surface area contributed by atoms with Crippen molar-refractivity contribution in [1.82, 2.24) is 4.90 Å². The number of rotatable bonds is 8. The lowest BCUT2D eigenvalue weighted by molar-refractivity contribution is 0.247. The molecule has 3 nitrogen and oxygen atoms in total. The Hall–Kier alpha value is -2.69. The first-order valence-electron chi connectivity index (χ1n) is 9.04. The van der Waals surface area contributed by atoms with Crippen LogP contribution in [0.4, 0.5) is 4.39 Å². The lowest BCUT2D eigenvalue weighted by Gasteiger charge is -2.23. The maximum atomic E-state index is 13.2. The van der Waals surface area contributed by atoms with Gasteiger partial charge in [-0.2, -0.15) is 0 Å². The molecule has 0 aliphatic heterocycles. The molecule has 0 saturated carbocycles. The first kappa shape index (κ1) is 19.1. The van der Waals surface area contributed by atoms with Gasteiger partial charge in [0.1, 0.15) is 11.6 Å². The van der Waals surface area contributed by atoms with Crippen LogP contribution in [0.3, 0.4) is 0 Å². The fraction of sp³-hybridized carbons (Fsp3) is 0.217. The molecule has 0 atom stereocenters. The monoisotopic (exact) mass is 364 g/mol. The lowest BCUT2D eigenvalue weighted by atomic mass is 10.1. The molecule has 0 aromatic heterocycles. The Kier molecular flexibility index (Phi) is 6.58. The molecule has 0 heterocycles. The van der Waals surface area contributed by atoms with E-state index >= 15 is 0 Å². The molecule has 0 aliphatic rings. The molecule has 2 N–H and O–H groups in total. The minimum atomic E-state index is -0.210. The number of nitrogens with two attached hydrogens (primary N) is 1. The summed E-state index contributed by atoms with van der Waals surface area (Å²) in [7, 11) is 1.67. The van der Waals surface area contributed by atoms with Crippen LogP contribution in [-0.4, -0.2) is 12.0 Å². The minimum absolute atomic E-state index is 0.210. The zero-order valence-corrected chi connectivity index (χ0v) is 15.6. The fourth-order valence-corrected chi connectivity index (χ4v) is 3.04. The van der Waals surface area contributed by atoms with Crippen LogP contribution >= 0.6 is 0 Å². The highest BCUT2D eigenvalue weighted by molar-refractivity contribution is 5.28. The molecule has 0 bridgehead atoms. The highest BCUT2D eigenvalue weighted by Gasteiger charge is 2.09. The van der Waals surface area contributed by atoms with Gasteiger partial charge in [-0.3, -0.25) is 4.90 Å². The second-order valence-electron chi connectivity index (χ2n) is 6.64. The highest BCUT2D eigenvalue weighted by Crippen LogP contribution is 2.17. The molecule has 27 heavy (non-hydrogen) atoms. The third-order valence-electron chi connectivity index (χ3n) is 4.55. The van der Waals surface area contributed by atoms with Crippen molar-refractivity contribution in [3.8, 4) is 5.75 Å². The van der Waals surface area contributed by atoms with E-state index in [0.29, 0.717) is 6.54 Å². The molecule has 0 unspecified atom stereocenters. The zero-order valence-electron chi connectivity index (χ0n) is 15.6. The van der Waals surface area contributed by atoms with Crippen LogP contribution in [0, 0.1) is 5.82 Å². The molecular weight excluding hydrogens is 339 g/mol. The van der Waals surface area contributed by atoms with E-state index in [1.807, 2.05) is 24.3 Å². The Morgan fingerprint density at radius 1 is 0.704 bits per heavy atom. The molecule has 0 radical (unpaired) electrons. The zero-order chi connectivity index (χ0) is 19.1. The van der Waals surface area contributed by atoms with Crippen molar-refractivity contribution in [2.24, 2.45) is 5.73 Å². The molecule has 140 valence electrons. The maximum absolute atomic E-state index is 13.2. The van der Waals surface area contributed by atoms with Crippen molar-refractivity contribution in [2.45, 2.75) is 26.2 Å². The molecule has 0 amide bonds. The molecule has 3 aromatic rings. The number of halogens is 1. The van der Waals surface area contributed by atoms with Gasteiger partial charge < -0.3 is 10.5 Å². The minimum Gasteiger partial charge on any atom is -0.497 e. The SMILES string of the molecule is COc1ccc(CN(Cc2ccc(F)cc2)Cc2ccc(CN)cc2)cc1. The van der Waals surface area contributed by atoms with Crippen LogP contribution < -0.4 is 10.5 Å². The summed E-state index contributed by atoms with van der Waals surface area (Å²) in [6.07, 6.45) is 0. The van der Waals surface area contributed by atoms with Gasteiger partial charge in [0.15, 0.2) is 0 Å². The summed E-state index contributed by atoms with van der Waals surface area (Å²) in [6, 6.07) is 23.2. The van der Waals surface area contributed by atoms with E-state index in [1.54, 1.807) is 7.11 Å². The van der Waals surface area contributed by atoms with E-state index < -0.39 is 0 Å². The van der Waals surface area contributed by atoms with Gasteiger partial charge in [-0.1, -0.05) is 48.5 Å². The van der Waals surface area contributed by atoms with Crippen LogP contribution in [-0.2, 0) is 26.2 Å². The van der Waals surface area contributed by atoms with Crippen molar-refractivity contribution < 1.29 is 9.13 Å². The summed E-state index contributed by atoms with van der Waals surface area (Å²) >= 11 is 0. The normalized spacial score (nSPS) is 11.0. The number of benzene rings is 3. The predicted octanol–water partition coefficient (Wildman–Crippen LogP) is 4.50. The summed E-state index contributed by atoms with van der Waals surface area (Å²) in [4.78, 5) is 2.34. The number of nitrogens with zero attached hydrogens (tertiary/aromatic N) is 1. The fourth-order valence-electron chi connectivity index (χ4n) is 3.04. The third-order valence-corrected chi connectivity index (χ3v) is 4.55. The standard InChI is InChI=1S/C23H25FN2O/c1-27-23-12-8-21(9-13-23)17-26(16-20-6-10-22(24)11-7-20)15-19-4-2-18(14-25)3-5-19/h2-13H,14-17,25H2,1H3. The summed E-state index contributed by atoms with van der Waals surface area (Å²) in [5, 5.41) is 0. The molecule has 0 spiro atoms. The molecule has 0 aliphatic carbocycles. The summed E-state index contributed by atoms with van der Waals surface area (Å²) in [5.41, 5.74) is 10.3. The second-order valence-corrected chi connectivity index (χ2v) is 6.64. The first-order valence-corrected chi connectivity index (χ1v) is 9.04. The van der Waals surface area contributed by atoms with Gasteiger partial charge in [0, 0.05) is 26.2 Å². The van der Waals surface area contributed by atoms with Crippen LogP contribution in [0.1, 0.15) is 22.3 Å². The molecule has 0 saturated heterocycles. The van der Waals surface area contributed by atoms with E-state index in [1.165, 1.54) is 23.3 Å². The summed E-state index contributed by atoms with van der Waals surface area (Å²) < 4.78 is 18.5. The third kappa shape index (κ3) is 5.64. The van der Waals surface area contributed by atoms with Crippen LogP contribution in [0.2, 0.25) is 0 Å². The first-order chi connectivity index (χ1) is 13.2. The van der Waals surface area contributed by atoms with Crippen LogP contribution in [0.25, 0.3) is 0 Å². The Balaban J connectivity index is 1.76. The Morgan fingerprint density at radius 3 is 1.56 bits per heavy atom. The van der Waals surface area contributed by atoms with Gasteiger partial charge in [0.2, 0.25) is 0 Å². The smallest absolute Gasteiger partial charge is 0.123 e. The van der Waals surface area contributed by atoms with Crippen molar-refractivity contribution >= 4 is 0 Å². The lowest BCUT2D eigenvalue weighted by Crippen LogP contribution is -2.22. The van der Waals surface area contributed by atoms with E-state index in [0.717, 1.165) is 36.5 Å². The number of hydrogen-bond acceptors (Lipinski definition) is 3. The van der Waals surface area contributed by atoms with Crippen molar-refractivity contribution in [3.63, 3.8) is 0 Å². The number of ether oxygens (including phenoxy) is 1. The summed E-state index contributed by atoms with van der Waals surface area (Å²) in [5.74, 6) is 0.638. The molecule has 3 rings (SSSR count). The van der Waals surface area contributed by atoms with Crippen LogP contribution in [0.15, 0.2) is 72.8 Å². The van der Waals surface area contributed by atoms with Crippen molar-refractivity contribution in [2.75, 3.05) is 7.11 Å². The van der Waals surface area contributed by atoms with Gasteiger partial charge in [0.25, 0.3) is 0 Å².